The molecule has 0 saturated carbocycles. The Morgan fingerprint density at radius 3 is 2.35 bits per heavy atom. The number of nitrogens with zero attached hydrogens (tertiary/aromatic N) is 1. The molecule has 23 heavy (non-hydrogen) atoms. The van der Waals surface area contributed by atoms with E-state index in [1.807, 2.05) is 30.3 Å². The second kappa shape index (κ2) is 6.82. The van der Waals surface area contributed by atoms with Crippen molar-refractivity contribution in [3.63, 3.8) is 0 Å². The molecule has 0 spiro atoms. The van der Waals surface area contributed by atoms with Crippen molar-refractivity contribution in [1.82, 2.24) is 4.98 Å². The fourth-order valence-electron chi connectivity index (χ4n) is 2.26. The lowest BCUT2D eigenvalue weighted by molar-refractivity contribution is 0.102. The maximum absolute atomic E-state index is 12.7. The predicted octanol–water partition coefficient (Wildman–Crippen LogP) is 5.31. The predicted molar refractivity (Wildman–Crippen MR) is 94.1 cm³/mol. The monoisotopic (exact) mass is 342 g/mol. The standard InChI is InChI=1S/C18H12Cl2N2O/c19-14-8-4-5-9-15(14)22-18(23)16-13(10-11-21-17(16)20)12-6-2-1-3-7-12/h1-11H,(H,22,23). The number of nitrogens with one attached hydrogen (secondary N) is 1. The molecule has 1 amide bonds. The first-order valence-corrected chi connectivity index (χ1v) is 7.68. The van der Waals surface area contributed by atoms with Crippen LogP contribution in [-0.2, 0) is 0 Å². The van der Waals surface area contributed by atoms with Crippen molar-refractivity contribution in [2.45, 2.75) is 0 Å². The molecule has 2 aromatic carbocycles. The van der Waals surface area contributed by atoms with Crippen LogP contribution in [-0.4, -0.2) is 10.9 Å². The Labute approximate surface area is 143 Å². The van der Waals surface area contributed by atoms with E-state index in [9.17, 15) is 4.79 Å². The molecule has 114 valence electrons. The minimum absolute atomic E-state index is 0.149. The van der Waals surface area contributed by atoms with E-state index in [1.54, 1.807) is 36.5 Å². The third kappa shape index (κ3) is 3.36. The molecule has 5 heteroatoms. The van der Waals surface area contributed by atoms with Crippen LogP contribution in [0.1, 0.15) is 10.4 Å². The van der Waals surface area contributed by atoms with E-state index in [-0.39, 0.29) is 11.1 Å². The van der Waals surface area contributed by atoms with E-state index in [2.05, 4.69) is 10.3 Å². The van der Waals surface area contributed by atoms with Crippen LogP contribution in [0.2, 0.25) is 10.2 Å². The van der Waals surface area contributed by atoms with Crippen LogP contribution in [0.4, 0.5) is 5.69 Å². The molecule has 0 aliphatic carbocycles. The van der Waals surface area contributed by atoms with Crippen LogP contribution in [0.3, 0.4) is 0 Å². The summed E-state index contributed by atoms with van der Waals surface area (Å²) in [7, 11) is 0. The third-order valence-electron chi connectivity index (χ3n) is 3.34. The second-order valence-corrected chi connectivity index (χ2v) is 5.59. The molecular weight excluding hydrogens is 331 g/mol. The number of pyridine rings is 1. The van der Waals surface area contributed by atoms with Gasteiger partial charge in [-0.05, 0) is 29.3 Å². The lowest BCUT2D eigenvalue weighted by atomic mass is 10.0. The van der Waals surface area contributed by atoms with Crippen molar-refractivity contribution in [2.75, 3.05) is 5.32 Å². The summed E-state index contributed by atoms with van der Waals surface area (Å²) < 4.78 is 0. The number of benzene rings is 2. The number of hydrogen-bond acceptors (Lipinski definition) is 2. The van der Waals surface area contributed by atoms with Crippen molar-refractivity contribution in [1.29, 1.82) is 0 Å². The Morgan fingerprint density at radius 2 is 1.61 bits per heavy atom. The fourth-order valence-corrected chi connectivity index (χ4v) is 2.68. The molecule has 0 atom stereocenters. The Bertz CT molecular complexity index is 851. The van der Waals surface area contributed by atoms with E-state index in [1.165, 1.54) is 0 Å². The lowest BCUT2D eigenvalue weighted by Crippen LogP contribution is -2.14. The van der Waals surface area contributed by atoms with Crippen LogP contribution in [0.5, 0.6) is 0 Å². The largest absolute Gasteiger partial charge is 0.321 e. The van der Waals surface area contributed by atoms with Crippen LogP contribution in [0, 0.1) is 0 Å². The zero-order valence-electron chi connectivity index (χ0n) is 12.0. The number of hydrogen-bond donors (Lipinski definition) is 1. The number of amides is 1. The van der Waals surface area contributed by atoms with Gasteiger partial charge < -0.3 is 5.32 Å². The summed E-state index contributed by atoms with van der Waals surface area (Å²) in [6, 6.07) is 18.3. The Kier molecular flexibility index (Phi) is 4.60. The number of halogens is 2. The molecule has 1 heterocycles. The second-order valence-electron chi connectivity index (χ2n) is 4.82. The van der Waals surface area contributed by atoms with Gasteiger partial charge in [0.1, 0.15) is 5.15 Å². The summed E-state index contributed by atoms with van der Waals surface area (Å²) >= 11 is 12.3. The highest BCUT2D eigenvalue weighted by molar-refractivity contribution is 6.36. The lowest BCUT2D eigenvalue weighted by Gasteiger charge is -2.12. The summed E-state index contributed by atoms with van der Waals surface area (Å²) in [5.41, 5.74) is 2.45. The number of carbonyl (C=O) groups is 1. The number of aromatic nitrogens is 1. The van der Waals surface area contributed by atoms with Gasteiger partial charge in [0.25, 0.3) is 5.91 Å². The van der Waals surface area contributed by atoms with Gasteiger partial charge in [-0.3, -0.25) is 4.79 Å². The van der Waals surface area contributed by atoms with Crippen molar-refractivity contribution >= 4 is 34.8 Å². The minimum Gasteiger partial charge on any atom is -0.321 e. The van der Waals surface area contributed by atoms with Gasteiger partial charge in [0.15, 0.2) is 0 Å². The molecule has 0 aliphatic heterocycles. The highest BCUT2D eigenvalue weighted by atomic mass is 35.5. The van der Waals surface area contributed by atoms with E-state index < -0.39 is 0 Å². The van der Waals surface area contributed by atoms with Crippen molar-refractivity contribution < 1.29 is 4.79 Å². The molecule has 0 unspecified atom stereocenters. The number of para-hydroxylation sites is 1. The van der Waals surface area contributed by atoms with E-state index in [0.29, 0.717) is 16.3 Å². The number of carbonyl (C=O) groups excluding carboxylic acids is 1. The Morgan fingerprint density at radius 1 is 0.913 bits per heavy atom. The van der Waals surface area contributed by atoms with Crippen molar-refractivity contribution in [3.05, 3.63) is 82.6 Å². The zero-order valence-corrected chi connectivity index (χ0v) is 13.5. The smallest absolute Gasteiger partial charge is 0.259 e. The molecule has 3 nitrogen and oxygen atoms in total. The average molecular weight is 343 g/mol. The molecule has 0 aliphatic rings. The van der Waals surface area contributed by atoms with Crippen LogP contribution >= 0.6 is 23.2 Å². The quantitative estimate of drug-likeness (QED) is 0.655. The van der Waals surface area contributed by atoms with Gasteiger partial charge >= 0.3 is 0 Å². The fraction of sp³-hybridized carbons (Fsp3) is 0. The summed E-state index contributed by atoms with van der Waals surface area (Å²) in [5, 5.41) is 3.39. The molecule has 1 aromatic heterocycles. The van der Waals surface area contributed by atoms with Gasteiger partial charge in [0, 0.05) is 6.20 Å². The van der Waals surface area contributed by atoms with E-state index >= 15 is 0 Å². The summed E-state index contributed by atoms with van der Waals surface area (Å²) in [6.07, 6.45) is 1.58. The summed E-state index contributed by atoms with van der Waals surface area (Å²) in [4.78, 5) is 16.7. The molecule has 1 N–H and O–H groups in total. The normalized spacial score (nSPS) is 10.3. The van der Waals surface area contributed by atoms with Gasteiger partial charge in [-0.1, -0.05) is 65.7 Å². The van der Waals surface area contributed by atoms with Gasteiger partial charge in [-0.25, -0.2) is 4.98 Å². The Hall–Kier alpha value is -2.36. The van der Waals surface area contributed by atoms with Crippen LogP contribution < -0.4 is 5.32 Å². The van der Waals surface area contributed by atoms with Crippen LogP contribution in [0.15, 0.2) is 66.9 Å². The number of anilines is 1. The minimum atomic E-state index is -0.352. The third-order valence-corrected chi connectivity index (χ3v) is 3.95. The van der Waals surface area contributed by atoms with Crippen molar-refractivity contribution in [3.8, 4) is 11.1 Å². The van der Waals surface area contributed by atoms with Gasteiger partial charge in [0.05, 0.1) is 16.3 Å². The molecule has 3 aromatic rings. The Balaban J connectivity index is 2.03. The first-order chi connectivity index (χ1) is 11.2. The molecular formula is C18H12Cl2N2O. The molecule has 0 bridgehead atoms. The summed E-state index contributed by atoms with van der Waals surface area (Å²) in [5.74, 6) is -0.352. The maximum atomic E-state index is 12.7. The first-order valence-electron chi connectivity index (χ1n) is 6.92. The van der Waals surface area contributed by atoms with E-state index in [0.717, 1.165) is 11.1 Å². The van der Waals surface area contributed by atoms with Crippen LogP contribution in [0.25, 0.3) is 11.1 Å². The van der Waals surface area contributed by atoms with E-state index in [4.69, 9.17) is 23.2 Å². The highest BCUT2D eigenvalue weighted by Crippen LogP contribution is 2.29. The number of rotatable bonds is 3. The molecule has 3 rings (SSSR count). The maximum Gasteiger partial charge on any atom is 0.259 e. The molecule has 0 radical (unpaired) electrons. The summed E-state index contributed by atoms with van der Waals surface area (Å²) in [6.45, 7) is 0. The van der Waals surface area contributed by atoms with Gasteiger partial charge in [0.2, 0.25) is 0 Å². The average Bonchev–Trinajstić information content (AvgIpc) is 2.57. The zero-order chi connectivity index (χ0) is 16.2. The van der Waals surface area contributed by atoms with Gasteiger partial charge in [-0.15, -0.1) is 0 Å². The highest BCUT2D eigenvalue weighted by Gasteiger charge is 2.18. The molecule has 0 saturated heterocycles. The van der Waals surface area contributed by atoms with Crippen molar-refractivity contribution in [2.24, 2.45) is 0 Å². The van der Waals surface area contributed by atoms with Gasteiger partial charge in [-0.2, -0.15) is 0 Å². The first kappa shape index (κ1) is 15.5. The topological polar surface area (TPSA) is 42.0 Å². The SMILES string of the molecule is O=C(Nc1ccccc1Cl)c1c(-c2ccccc2)ccnc1Cl. The molecule has 0 fully saturated rings.